The maximum Gasteiger partial charge on any atom is 0.228 e. The van der Waals surface area contributed by atoms with Crippen molar-refractivity contribution in [3.05, 3.63) is 48.3 Å². The van der Waals surface area contributed by atoms with Gasteiger partial charge in [0, 0.05) is 31.2 Å². The Balaban J connectivity index is 1.64. The van der Waals surface area contributed by atoms with E-state index in [9.17, 15) is 13.2 Å². The van der Waals surface area contributed by atoms with E-state index in [1.54, 1.807) is 6.20 Å². The van der Waals surface area contributed by atoms with Crippen molar-refractivity contribution >= 4 is 21.6 Å². The number of nitrogens with zero attached hydrogens (tertiary/aromatic N) is 3. The van der Waals surface area contributed by atoms with E-state index in [0.717, 1.165) is 5.56 Å². The Labute approximate surface area is 147 Å². The molecular formula is C17H22N4O3S. The summed E-state index contributed by atoms with van der Waals surface area (Å²) in [6, 6.07) is 9.47. The summed E-state index contributed by atoms with van der Waals surface area (Å²) >= 11 is 0. The van der Waals surface area contributed by atoms with Crippen molar-refractivity contribution < 1.29 is 13.2 Å². The minimum absolute atomic E-state index is 0.135. The smallest absolute Gasteiger partial charge is 0.228 e. The monoisotopic (exact) mass is 362 g/mol. The van der Waals surface area contributed by atoms with Gasteiger partial charge < -0.3 is 5.32 Å². The van der Waals surface area contributed by atoms with E-state index < -0.39 is 10.0 Å². The standard InChI is InChI=1S/C17H22N4O3S/c1-25(23,24)21-10-3-6-15(13-21)17(22)19-16-7-2-5-14(11-16)12-20-9-4-8-18-20/h2,4-5,7-9,11,15H,3,6,10,12-13H2,1H3,(H,19,22). The van der Waals surface area contributed by atoms with Crippen LogP contribution in [0, 0.1) is 5.92 Å². The summed E-state index contributed by atoms with van der Waals surface area (Å²) in [5.74, 6) is -0.456. The molecule has 1 N–H and O–H groups in total. The quantitative estimate of drug-likeness (QED) is 0.874. The SMILES string of the molecule is CS(=O)(=O)N1CCCC(C(=O)Nc2cccc(Cn3cccn3)c2)C1. The molecule has 1 saturated heterocycles. The second-order valence-electron chi connectivity index (χ2n) is 6.35. The zero-order valence-corrected chi connectivity index (χ0v) is 14.9. The fourth-order valence-corrected chi connectivity index (χ4v) is 3.94. The topological polar surface area (TPSA) is 84.3 Å². The van der Waals surface area contributed by atoms with Gasteiger partial charge in [0.05, 0.1) is 18.7 Å². The minimum Gasteiger partial charge on any atom is -0.326 e. The van der Waals surface area contributed by atoms with Gasteiger partial charge in [-0.1, -0.05) is 12.1 Å². The van der Waals surface area contributed by atoms with E-state index in [-0.39, 0.29) is 18.4 Å². The number of sulfonamides is 1. The lowest BCUT2D eigenvalue weighted by atomic mass is 9.98. The van der Waals surface area contributed by atoms with E-state index in [4.69, 9.17) is 0 Å². The molecule has 1 aromatic carbocycles. The van der Waals surface area contributed by atoms with E-state index in [1.807, 2.05) is 41.2 Å². The Morgan fingerprint density at radius 3 is 2.92 bits per heavy atom. The maximum absolute atomic E-state index is 12.5. The third kappa shape index (κ3) is 4.67. The van der Waals surface area contributed by atoms with Crippen molar-refractivity contribution in [2.24, 2.45) is 5.92 Å². The first kappa shape index (κ1) is 17.6. The van der Waals surface area contributed by atoms with Gasteiger partial charge in [-0.15, -0.1) is 0 Å². The summed E-state index contributed by atoms with van der Waals surface area (Å²) in [5.41, 5.74) is 1.74. The molecule has 1 amide bonds. The molecule has 2 heterocycles. The molecule has 0 saturated carbocycles. The van der Waals surface area contributed by atoms with Crippen LogP contribution in [0.25, 0.3) is 0 Å². The highest BCUT2D eigenvalue weighted by atomic mass is 32.2. The Kier molecular flexibility index (Phi) is 5.19. The fourth-order valence-electron chi connectivity index (χ4n) is 3.03. The average Bonchev–Trinajstić information content (AvgIpc) is 3.07. The van der Waals surface area contributed by atoms with Crippen LogP contribution >= 0.6 is 0 Å². The molecule has 134 valence electrons. The molecule has 0 spiro atoms. The fraction of sp³-hybridized carbons (Fsp3) is 0.412. The molecule has 8 heteroatoms. The highest BCUT2D eigenvalue weighted by Gasteiger charge is 2.30. The summed E-state index contributed by atoms with van der Waals surface area (Å²) in [6.07, 6.45) is 6.19. The third-order valence-corrected chi connectivity index (χ3v) is 5.59. The first-order valence-electron chi connectivity index (χ1n) is 8.24. The van der Waals surface area contributed by atoms with Crippen LogP contribution in [0.4, 0.5) is 5.69 Å². The number of carbonyl (C=O) groups excluding carboxylic acids is 1. The number of piperidine rings is 1. The number of anilines is 1. The van der Waals surface area contributed by atoms with Crippen LogP contribution < -0.4 is 5.32 Å². The molecule has 25 heavy (non-hydrogen) atoms. The summed E-state index contributed by atoms with van der Waals surface area (Å²) in [7, 11) is -3.26. The molecule has 1 aliphatic heterocycles. The molecule has 0 bridgehead atoms. The van der Waals surface area contributed by atoms with Crippen LogP contribution in [-0.4, -0.2) is 47.8 Å². The Hall–Kier alpha value is -2.19. The van der Waals surface area contributed by atoms with Gasteiger partial charge in [-0.2, -0.15) is 5.10 Å². The number of hydrogen-bond donors (Lipinski definition) is 1. The minimum atomic E-state index is -3.26. The first-order chi connectivity index (χ1) is 11.9. The highest BCUT2D eigenvalue weighted by molar-refractivity contribution is 7.88. The van der Waals surface area contributed by atoms with Gasteiger partial charge in [0.1, 0.15) is 0 Å². The molecule has 0 radical (unpaired) electrons. The molecule has 3 rings (SSSR count). The Bertz CT molecular complexity index is 833. The van der Waals surface area contributed by atoms with Crippen LogP contribution in [0.3, 0.4) is 0 Å². The van der Waals surface area contributed by atoms with Crippen molar-refractivity contribution in [3.8, 4) is 0 Å². The normalized spacial score (nSPS) is 18.8. The predicted octanol–water partition coefficient (Wildman–Crippen LogP) is 1.54. The van der Waals surface area contributed by atoms with Crippen LogP contribution in [0.2, 0.25) is 0 Å². The third-order valence-electron chi connectivity index (χ3n) is 4.32. The number of hydrogen-bond acceptors (Lipinski definition) is 4. The Morgan fingerprint density at radius 1 is 1.36 bits per heavy atom. The van der Waals surface area contributed by atoms with Gasteiger partial charge in [0.25, 0.3) is 0 Å². The lowest BCUT2D eigenvalue weighted by Gasteiger charge is -2.30. The van der Waals surface area contributed by atoms with E-state index in [0.29, 0.717) is 31.6 Å². The molecule has 7 nitrogen and oxygen atoms in total. The molecule has 1 aliphatic rings. The van der Waals surface area contributed by atoms with Gasteiger partial charge in [-0.05, 0) is 36.6 Å². The second-order valence-corrected chi connectivity index (χ2v) is 8.34. The molecule has 1 fully saturated rings. The molecule has 1 atom stereocenters. The zero-order chi connectivity index (χ0) is 17.9. The number of carbonyl (C=O) groups is 1. The number of benzene rings is 1. The summed E-state index contributed by atoms with van der Waals surface area (Å²) in [5, 5.41) is 7.09. The number of rotatable bonds is 5. The van der Waals surface area contributed by atoms with Crippen molar-refractivity contribution in [2.75, 3.05) is 24.7 Å². The average molecular weight is 362 g/mol. The molecule has 2 aromatic rings. The summed E-state index contributed by atoms with van der Waals surface area (Å²) in [6.45, 7) is 1.36. The van der Waals surface area contributed by atoms with Crippen molar-refractivity contribution in [1.29, 1.82) is 0 Å². The predicted molar refractivity (Wildman–Crippen MR) is 95.5 cm³/mol. The van der Waals surface area contributed by atoms with E-state index >= 15 is 0 Å². The van der Waals surface area contributed by atoms with Crippen molar-refractivity contribution in [2.45, 2.75) is 19.4 Å². The van der Waals surface area contributed by atoms with Crippen LogP contribution in [0.5, 0.6) is 0 Å². The van der Waals surface area contributed by atoms with Crippen molar-refractivity contribution in [1.82, 2.24) is 14.1 Å². The maximum atomic E-state index is 12.5. The van der Waals surface area contributed by atoms with Gasteiger partial charge in [0.15, 0.2) is 0 Å². The molecule has 1 aromatic heterocycles. The number of aromatic nitrogens is 2. The second kappa shape index (κ2) is 7.37. The number of amides is 1. The lowest BCUT2D eigenvalue weighted by Crippen LogP contribution is -2.43. The van der Waals surface area contributed by atoms with Crippen molar-refractivity contribution in [3.63, 3.8) is 0 Å². The van der Waals surface area contributed by atoms with Gasteiger partial charge in [-0.3, -0.25) is 9.48 Å². The highest BCUT2D eigenvalue weighted by Crippen LogP contribution is 2.21. The Morgan fingerprint density at radius 2 is 2.20 bits per heavy atom. The zero-order valence-electron chi connectivity index (χ0n) is 14.1. The molecule has 1 unspecified atom stereocenters. The van der Waals surface area contributed by atoms with Gasteiger partial charge in [-0.25, -0.2) is 12.7 Å². The molecule has 0 aliphatic carbocycles. The molecular weight excluding hydrogens is 340 g/mol. The van der Waals surface area contributed by atoms with Gasteiger partial charge in [0.2, 0.25) is 15.9 Å². The van der Waals surface area contributed by atoms with Crippen LogP contribution in [0.15, 0.2) is 42.7 Å². The summed E-state index contributed by atoms with van der Waals surface area (Å²) < 4.78 is 26.6. The number of nitrogens with one attached hydrogen (secondary N) is 1. The largest absolute Gasteiger partial charge is 0.326 e. The van der Waals surface area contributed by atoms with Crippen LogP contribution in [-0.2, 0) is 21.4 Å². The van der Waals surface area contributed by atoms with E-state index in [1.165, 1.54) is 10.6 Å². The first-order valence-corrected chi connectivity index (χ1v) is 10.1. The van der Waals surface area contributed by atoms with E-state index in [2.05, 4.69) is 10.4 Å². The van der Waals surface area contributed by atoms with Gasteiger partial charge >= 0.3 is 0 Å². The lowest BCUT2D eigenvalue weighted by molar-refractivity contribution is -0.120. The van der Waals surface area contributed by atoms with Crippen LogP contribution in [0.1, 0.15) is 18.4 Å². The summed E-state index contributed by atoms with van der Waals surface area (Å²) in [4.78, 5) is 12.5.